The summed E-state index contributed by atoms with van der Waals surface area (Å²) in [5.74, 6) is 1.84. The van der Waals surface area contributed by atoms with E-state index in [0.717, 1.165) is 18.1 Å². The van der Waals surface area contributed by atoms with Crippen LogP contribution < -0.4 is 15.4 Å². The highest BCUT2D eigenvalue weighted by Gasteiger charge is 2.08. The van der Waals surface area contributed by atoms with Crippen molar-refractivity contribution in [2.75, 3.05) is 20.2 Å². The van der Waals surface area contributed by atoms with Crippen molar-refractivity contribution >= 4 is 29.9 Å². The Morgan fingerprint density at radius 3 is 2.73 bits per heavy atom. The highest BCUT2D eigenvalue weighted by Crippen LogP contribution is 2.16. The van der Waals surface area contributed by atoms with Crippen molar-refractivity contribution in [1.29, 1.82) is 0 Å². The van der Waals surface area contributed by atoms with Crippen LogP contribution in [0.15, 0.2) is 47.6 Å². The Kier molecular flexibility index (Phi) is 10.0. The normalized spacial score (nSPS) is 12.1. The van der Waals surface area contributed by atoms with Crippen molar-refractivity contribution in [2.24, 2.45) is 4.99 Å². The van der Waals surface area contributed by atoms with E-state index in [2.05, 4.69) is 58.7 Å². The monoisotopic (exact) mass is 468 g/mol. The van der Waals surface area contributed by atoms with Crippen LogP contribution in [-0.4, -0.2) is 31.1 Å². The molecule has 142 valence electrons. The van der Waals surface area contributed by atoms with Crippen molar-refractivity contribution in [3.8, 4) is 5.88 Å². The number of hydrogen-bond acceptors (Lipinski definition) is 3. The zero-order chi connectivity index (χ0) is 18.1. The molecule has 1 aromatic heterocycles. The molecule has 6 heteroatoms. The number of pyridine rings is 1. The van der Waals surface area contributed by atoms with Gasteiger partial charge < -0.3 is 15.4 Å². The first kappa shape index (κ1) is 22.2. The van der Waals surface area contributed by atoms with Crippen LogP contribution in [0, 0.1) is 6.92 Å². The van der Waals surface area contributed by atoms with Gasteiger partial charge in [0.15, 0.2) is 5.96 Å². The molecule has 0 amide bonds. The van der Waals surface area contributed by atoms with Gasteiger partial charge in [-0.15, -0.1) is 24.0 Å². The molecule has 5 nitrogen and oxygen atoms in total. The molecular formula is C20H29IN4O. The number of nitrogens with zero attached hydrogens (tertiary/aromatic N) is 2. The zero-order valence-electron chi connectivity index (χ0n) is 16.0. The second kappa shape index (κ2) is 11.7. The van der Waals surface area contributed by atoms with E-state index in [0.29, 0.717) is 24.9 Å². The van der Waals surface area contributed by atoms with Crippen molar-refractivity contribution in [3.63, 3.8) is 0 Å². The first-order chi connectivity index (χ1) is 12.1. The summed E-state index contributed by atoms with van der Waals surface area (Å²) in [5.41, 5.74) is 3.62. The van der Waals surface area contributed by atoms with Crippen molar-refractivity contribution in [2.45, 2.75) is 33.2 Å². The molecule has 0 bridgehead atoms. The van der Waals surface area contributed by atoms with Gasteiger partial charge in [-0.3, -0.25) is 4.99 Å². The van der Waals surface area contributed by atoms with Gasteiger partial charge in [-0.1, -0.05) is 42.8 Å². The lowest BCUT2D eigenvalue weighted by Crippen LogP contribution is -2.38. The molecule has 0 aliphatic heterocycles. The molecule has 1 aromatic carbocycles. The molecule has 0 saturated heterocycles. The van der Waals surface area contributed by atoms with E-state index < -0.39 is 0 Å². The molecule has 2 N–H and O–H groups in total. The van der Waals surface area contributed by atoms with E-state index in [1.54, 1.807) is 13.2 Å². The predicted molar refractivity (Wildman–Crippen MR) is 119 cm³/mol. The number of nitrogens with one attached hydrogen (secondary N) is 2. The van der Waals surface area contributed by atoms with Gasteiger partial charge in [0.05, 0.1) is 6.61 Å². The molecule has 0 saturated carbocycles. The fraction of sp³-hybridized carbons (Fsp3) is 0.400. The number of ether oxygens (including phenoxy) is 1. The Labute approximate surface area is 173 Å². The first-order valence-corrected chi connectivity index (χ1v) is 8.71. The van der Waals surface area contributed by atoms with Gasteiger partial charge in [0.25, 0.3) is 0 Å². The van der Waals surface area contributed by atoms with E-state index >= 15 is 0 Å². The Balaban J connectivity index is 0.00000338. The maximum absolute atomic E-state index is 5.56. The lowest BCUT2D eigenvalue weighted by molar-refractivity contribution is 0.322. The average Bonchev–Trinajstić information content (AvgIpc) is 2.63. The van der Waals surface area contributed by atoms with Gasteiger partial charge >= 0.3 is 0 Å². The summed E-state index contributed by atoms with van der Waals surface area (Å²) >= 11 is 0. The largest absolute Gasteiger partial charge is 0.478 e. The second-order valence-corrected chi connectivity index (χ2v) is 6.02. The standard InChI is InChI=1S/C20H28N4O.HI/c1-5-25-19-18(10-7-11-22-19)14-24-20(21-4)23-13-16(3)17-9-6-8-15(2)12-17;/h6-12,16H,5,13-14H2,1-4H3,(H2,21,23,24);1H. The number of benzene rings is 1. The minimum absolute atomic E-state index is 0. The van der Waals surface area contributed by atoms with Crippen LogP contribution in [-0.2, 0) is 6.54 Å². The van der Waals surface area contributed by atoms with E-state index in [1.165, 1.54) is 11.1 Å². The molecule has 1 unspecified atom stereocenters. The molecule has 0 spiro atoms. The number of rotatable bonds is 7. The summed E-state index contributed by atoms with van der Waals surface area (Å²) in [7, 11) is 1.78. The van der Waals surface area contributed by atoms with Crippen LogP contribution >= 0.6 is 24.0 Å². The lowest BCUT2D eigenvalue weighted by Gasteiger charge is -2.17. The second-order valence-electron chi connectivity index (χ2n) is 6.02. The van der Waals surface area contributed by atoms with Crippen LogP contribution in [0.25, 0.3) is 0 Å². The van der Waals surface area contributed by atoms with Crippen LogP contribution in [0.4, 0.5) is 0 Å². The smallest absolute Gasteiger partial charge is 0.218 e. The van der Waals surface area contributed by atoms with E-state index in [1.807, 2.05) is 19.1 Å². The molecule has 0 aliphatic rings. The minimum atomic E-state index is 0. The summed E-state index contributed by atoms with van der Waals surface area (Å²) < 4.78 is 5.56. The fourth-order valence-electron chi connectivity index (χ4n) is 2.57. The molecule has 0 fully saturated rings. The van der Waals surface area contributed by atoms with Crippen molar-refractivity contribution in [3.05, 3.63) is 59.3 Å². The van der Waals surface area contributed by atoms with Crippen LogP contribution in [0.1, 0.15) is 36.5 Å². The third-order valence-electron chi connectivity index (χ3n) is 3.99. The SMILES string of the molecule is CCOc1ncccc1CNC(=NC)NCC(C)c1cccc(C)c1.I. The van der Waals surface area contributed by atoms with Gasteiger partial charge in [0, 0.05) is 31.9 Å². The van der Waals surface area contributed by atoms with E-state index in [-0.39, 0.29) is 24.0 Å². The Bertz CT molecular complexity index is 706. The van der Waals surface area contributed by atoms with E-state index in [9.17, 15) is 0 Å². The van der Waals surface area contributed by atoms with Gasteiger partial charge in [0.1, 0.15) is 0 Å². The van der Waals surface area contributed by atoms with Crippen LogP contribution in [0.3, 0.4) is 0 Å². The molecule has 26 heavy (non-hydrogen) atoms. The molecule has 2 aromatic rings. The number of halogens is 1. The van der Waals surface area contributed by atoms with Gasteiger partial charge in [0.2, 0.25) is 5.88 Å². The summed E-state index contributed by atoms with van der Waals surface area (Å²) in [6, 6.07) is 12.5. The maximum atomic E-state index is 5.56. The highest BCUT2D eigenvalue weighted by atomic mass is 127. The summed E-state index contributed by atoms with van der Waals surface area (Å²) in [6.07, 6.45) is 1.74. The predicted octanol–water partition coefficient (Wildman–Crippen LogP) is 3.88. The van der Waals surface area contributed by atoms with Gasteiger partial charge in [-0.2, -0.15) is 0 Å². The number of aliphatic imine (C=N–C) groups is 1. The quantitative estimate of drug-likeness (QED) is 0.368. The van der Waals surface area contributed by atoms with Crippen LogP contribution in [0.5, 0.6) is 5.88 Å². The van der Waals surface area contributed by atoms with Crippen molar-refractivity contribution < 1.29 is 4.74 Å². The van der Waals surface area contributed by atoms with E-state index in [4.69, 9.17) is 4.74 Å². The summed E-state index contributed by atoms with van der Waals surface area (Å²) in [4.78, 5) is 8.57. The fourth-order valence-corrected chi connectivity index (χ4v) is 2.57. The minimum Gasteiger partial charge on any atom is -0.478 e. The Morgan fingerprint density at radius 1 is 1.23 bits per heavy atom. The zero-order valence-corrected chi connectivity index (χ0v) is 18.3. The third-order valence-corrected chi connectivity index (χ3v) is 3.99. The molecular weight excluding hydrogens is 439 g/mol. The summed E-state index contributed by atoms with van der Waals surface area (Å²) in [5, 5.41) is 6.71. The molecule has 0 radical (unpaired) electrons. The number of hydrogen-bond donors (Lipinski definition) is 2. The molecule has 1 atom stereocenters. The van der Waals surface area contributed by atoms with Gasteiger partial charge in [-0.25, -0.2) is 4.98 Å². The lowest BCUT2D eigenvalue weighted by atomic mass is 9.99. The van der Waals surface area contributed by atoms with Crippen molar-refractivity contribution in [1.82, 2.24) is 15.6 Å². The third kappa shape index (κ3) is 6.82. The molecule has 2 rings (SSSR count). The number of aromatic nitrogens is 1. The van der Waals surface area contributed by atoms with Gasteiger partial charge in [-0.05, 0) is 31.4 Å². The molecule has 1 heterocycles. The Morgan fingerprint density at radius 2 is 2.04 bits per heavy atom. The maximum Gasteiger partial charge on any atom is 0.218 e. The topological polar surface area (TPSA) is 58.5 Å². The first-order valence-electron chi connectivity index (χ1n) is 8.71. The number of guanidine groups is 1. The average molecular weight is 468 g/mol. The Hall–Kier alpha value is -1.83. The molecule has 0 aliphatic carbocycles. The number of aryl methyl sites for hydroxylation is 1. The van der Waals surface area contributed by atoms with Crippen LogP contribution in [0.2, 0.25) is 0 Å². The summed E-state index contributed by atoms with van der Waals surface area (Å²) in [6.45, 7) is 8.32. The highest BCUT2D eigenvalue weighted by molar-refractivity contribution is 14.0.